The predicted octanol–water partition coefficient (Wildman–Crippen LogP) is 2.23. The van der Waals surface area contributed by atoms with Crippen LogP contribution >= 0.6 is 0 Å². The lowest BCUT2D eigenvalue weighted by molar-refractivity contribution is -0.142. The molecule has 0 saturated carbocycles. The summed E-state index contributed by atoms with van der Waals surface area (Å²) in [4.78, 5) is 26.9. The van der Waals surface area contributed by atoms with Gasteiger partial charge in [0.25, 0.3) is 5.91 Å². The molecule has 0 bridgehead atoms. The number of aryl methyl sites for hydroxylation is 1. The Balaban J connectivity index is 2.01. The zero-order chi connectivity index (χ0) is 24.9. The number of amides is 2. The van der Waals surface area contributed by atoms with Crippen molar-refractivity contribution in [2.24, 2.45) is 5.73 Å². The van der Waals surface area contributed by atoms with Crippen LogP contribution in [0.4, 0.5) is 0 Å². The summed E-state index contributed by atoms with van der Waals surface area (Å²) in [5.74, 6) is -1.91. The number of phenols is 4. The normalized spacial score (nSPS) is 11.1. The Morgan fingerprint density at radius 3 is 2.24 bits per heavy atom. The largest absolute Gasteiger partial charge is 0.504 e. The van der Waals surface area contributed by atoms with Gasteiger partial charge in [0, 0.05) is 19.0 Å². The Bertz CT molecular complexity index is 993. The molecular weight excluding hydrogens is 438 g/mol. The Morgan fingerprint density at radius 1 is 0.882 bits per heavy atom. The molecule has 184 valence electrons. The monoisotopic (exact) mass is 471 g/mol. The minimum Gasteiger partial charge on any atom is -0.504 e. The molecule has 0 atom stereocenters. The standard InChI is InChI=1S/C25H33N3O6/c26-12-3-14-27-13-1-2-15-28(24(33)10-6-18-4-8-20(29)22(31)16-18)25(34)11-7-19-5-9-21(30)23(32)17-19/h4-6,8-10,16-17,27,29-32H,1-3,7,11-15,26H2/b10-6+. The second-order valence-electron chi connectivity index (χ2n) is 7.89. The molecule has 0 radical (unpaired) electrons. The van der Waals surface area contributed by atoms with Crippen LogP contribution in [0.1, 0.15) is 36.8 Å². The lowest BCUT2D eigenvalue weighted by atomic mass is 10.1. The van der Waals surface area contributed by atoms with Gasteiger partial charge in [-0.2, -0.15) is 0 Å². The number of phenolic OH excluding ortho intramolecular Hbond substituents is 4. The highest BCUT2D eigenvalue weighted by molar-refractivity contribution is 6.03. The maximum absolute atomic E-state index is 12.9. The molecule has 0 aliphatic heterocycles. The highest BCUT2D eigenvalue weighted by Gasteiger charge is 2.19. The van der Waals surface area contributed by atoms with E-state index in [2.05, 4.69) is 5.32 Å². The molecule has 0 aliphatic rings. The van der Waals surface area contributed by atoms with Crippen molar-refractivity contribution in [3.63, 3.8) is 0 Å². The number of nitrogens with one attached hydrogen (secondary N) is 1. The molecule has 2 amide bonds. The van der Waals surface area contributed by atoms with Crippen LogP contribution in [-0.2, 0) is 16.0 Å². The molecule has 9 nitrogen and oxygen atoms in total. The van der Waals surface area contributed by atoms with E-state index < -0.39 is 5.91 Å². The molecule has 0 heterocycles. The molecule has 0 spiro atoms. The van der Waals surface area contributed by atoms with Gasteiger partial charge in [0.05, 0.1) is 0 Å². The number of nitrogens with two attached hydrogens (primary N) is 1. The molecule has 0 fully saturated rings. The van der Waals surface area contributed by atoms with Gasteiger partial charge in [-0.3, -0.25) is 14.5 Å². The summed E-state index contributed by atoms with van der Waals surface area (Å²) in [5.41, 5.74) is 6.63. The minimum absolute atomic E-state index is 0.0541. The van der Waals surface area contributed by atoms with E-state index in [1.54, 1.807) is 6.07 Å². The quantitative estimate of drug-likeness (QED) is 0.148. The number of hydrogen-bond donors (Lipinski definition) is 6. The van der Waals surface area contributed by atoms with Gasteiger partial charge in [0.1, 0.15) is 0 Å². The van der Waals surface area contributed by atoms with Crippen molar-refractivity contribution >= 4 is 17.9 Å². The number of hydrogen-bond acceptors (Lipinski definition) is 8. The van der Waals surface area contributed by atoms with E-state index in [1.807, 2.05) is 0 Å². The van der Waals surface area contributed by atoms with Crippen molar-refractivity contribution in [2.75, 3.05) is 26.2 Å². The van der Waals surface area contributed by atoms with Gasteiger partial charge in [-0.1, -0.05) is 12.1 Å². The van der Waals surface area contributed by atoms with E-state index >= 15 is 0 Å². The lowest BCUT2D eigenvalue weighted by Crippen LogP contribution is -2.37. The summed E-state index contributed by atoms with van der Waals surface area (Å²) in [6, 6.07) is 8.52. The van der Waals surface area contributed by atoms with Gasteiger partial charge in [-0.25, -0.2) is 0 Å². The molecule has 9 heteroatoms. The number of aromatic hydroxyl groups is 4. The minimum atomic E-state index is -0.484. The van der Waals surface area contributed by atoms with E-state index in [1.165, 1.54) is 47.4 Å². The first-order chi connectivity index (χ1) is 16.3. The number of carbonyl (C=O) groups is 2. The fourth-order valence-electron chi connectivity index (χ4n) is 3.24. The average molecular weight is 472 g/mol. The van der Waals surface area contributed by atoms with Crippen molar-refractivity contribution in [2.45, 2.75) is 32.1 Å². The van der Waals surface area contributed by atoms with E-state index in [0.29, 0.717) is 30.5 Å². The highest BCUT2D eigenvalue weighted by atomic mass is 16.3. The summed E-state index contributed by atoms with van der Waals surface area (Å²) in [5, 5.41) is 41.4. The molecule has 2 rings (SSSR count). The fraction of sp³-hybridized carbons (Fsp3) is 0.360. The van der Waals surface area contributed by atoms with Gasteiger partial charge < -0.3 is 31.5 Å². The third kappa shape index (κ3) is 8.76. The Kier molecular flexibility index (Phi) is 10.9. The van der Waals surface area contributed by atoms with Gasteiger partial charge >= 0.3 is 0 Å². The van der Waals surface area contributed by atoms with E-state index in [0.717, 1.165) is 25.9 Å². The maximum Gasteiger partial charge on any atom is 0.253 e. The van der Waals surface area contributed by atoms with Crippen molar-refractivity contribution in [3.8, 4) is 23.0 Å². The molecule has 0 aliphatic carbocycles. The molecule has 0 unspecified atom stereocenters. The molecule has 34 heavy (non-hydrogen) atoms. The van der Waals surface area contributed by atoms with E-state index in [9.17, 15) is 30.0 Å². The van der Waals surface area contributed by atoms with Crippen LogP contribution in [0.15, 0.2) is 42.5 Å². The Hall–Kier alpha value is -3.56. The van der Waals surface area contributed by atoms with Gasteiger partial charge in [0.2, 0.25) is 5.91 Å². The third-order valence-corrected chi connectivity index (χ3v) is 5.20. The number of nitrogens with zero attached hydrogens (tertiary/aromatic N) is 1. The molecule has 2 aromatic rings. The second-order valence-corrected chi connectivity index (χ2v) is 7.89. The van der Waals surface area contributed by atoms with Crippen molar-refractivity contribution in [1.82, 2.24) is 10.2 Å². The molecule has 0 saturated heterocycles. The molecular formula is C25H33N3O6. The fourth-order valence-corrected chi connectivity index (χ4v) is 3.24. The summed E-state index contributed by atoms with van der Waals surface area (Å²) < 4.78 is 0. The van der Waals surface area contributed by atoms with Crippen LogP contribution in [0.3, 0.4) is 0 Å². The number of benzene rings is 2. The first kappa shape index (κ1) is 26.7. The zero-order valence-electron chi connectivity index (χ0n) is 19.1. The zero-order valence-corrected chi connectivity index (χ0v) is 19.1. The number of rotatable bonds is 13. The van der Waals surface area contributed by atoms with E-state index in [-0.39, 0.29) is 41.9 Å². The van der Waals surface area contributed by atoms with Crippen LogP contribution in [0, 0.1) is 0 Å². The lowest BCUT2D eigenvalue weighted by Gasteiger charge is -2.20. The number of imide groups is 1. The first-order valence-electron chi connectivity index (χ1n) is 11.3. The first-order valence-corrected chi connectivity index (χ1v) is 11.3. The van der Waals surface area contributed by atoms with Crippen molar-refractivity contribution in [3.05, 3.63) is 53.6 Å². The highest BCUT2D eigenvalue weighted by Crippen LogP contribution is 2.26. The smallest absolute Gasteiger partial charge is 0.253 e. The maximum atomic E-state index is 12.9. The van der Waals surface area contributed by atoms with Crippen LogP contribution in [0.2, 0.25) is 0 Å². The second kappa shape index (κ2) is 13.9. The topological polar surface area (TPSA) is 156 Å². The summed E-state index contributed by atoms with van der Waals surface area (Å²) in [6.45, 7) is 2.45. The van der Waals surface area contributed by atoms with Crippen molar-refractivity contribution in [1.29, 1.82) is 0 Å². The molecule has 0 aromatic heterocycles. The Morgan fingerprint density at radius 2 is 1.56 bits per heavy atom. The van der Waals surface area contributed by atoms with Gasteiger partial charge in [0.15, 0.2) is 23.0 Å². The third-order valence-electron chi connectivity index (χ3n) is 5.20. The van der Waals surface area contributed by atoms with Crippen molar-refractivity contribution < 1.29 is 30.0 Å². The summed E-state index contributed by atoms with van der Waals surface area (Å²) in [7, 11) is 0. The molecule has 7 N–H and O–H groups in total. The van der Waals surface area contributed by atoms with Crippen LogP contribution < -0.4 is 11.1 Å². The van der Waals surface area contributed by atoms with Crippen LogP contribution in [0.25, 0.3) is 6.08 Å². The van der Waals surface area contributed by atoms with E-state index in [4.69, 9.17) is 5.73 Å². The van der Waals surface area contributed by atoms with Crippen LogP contribution in [-0.4, -0.2) is 63.3 Å². The van der Waals surface area contributed by atoms with Gasteiger partial charge in [-0.15, -0.1) is 0 Å². The Labute approximate surface area is 199 Å². The SMILES string of the molecule is NCCCNCCCCN(C(=O)/C=C/c1ccc(O)c(O)c1)C(=O)CCc1ccc(O)c(O)c1. The molecule has 2 aromatic carbocycles. The van der Waals surface area contributed by atoms with Gasteiger partial charge in [-0.05, 0) is 86.8 Å². The average Bonchev–Trinajstić information content (AvgIpc) is 2.82. The van der Waals surface area contributed by atoms with Crippen LogP contribution in [0.5, 0.6) is 23.0 Å². The number of unbranched alkanes of at least 4 members (excludes halogenated alkanes) is 1. The predicted molar refractivity (Wildman–Crippen MR) is 129 cm³/mol. The summed E-state index contributed by atoms with van der Waals surface area (Å²) in [6.07, 6.45) is 5.37. The number of carbonyl (C=O) groups excluding carboxylic acids is 2. The summed E-state index contributed by atoms with van der Waals surface area (Å²) >= 11 is 0.